The number of aryl methyl sites for hydroxylation is 1. The van der Waals surface area contributed by atoms with E-state index < -0.39 is 10.0 Å². The van der Waals surface area contributed by atoms with Crippen molar-refractivity contribution in [1.29, 1.82) is 0 Å². The Balaban J connectivity index is 1.71. The second kappa shape index (κ2) is 5.42. The van der Waals surface area contributed by atoms with Gasteiger partial charge in [0.05, 0.1) is 5.75 Å². The van der Waals surface area contributed by atoms with E-state index in [4.69, 9.17) is 5.14 Å². The van der Waals surface area contributed by atoms with Crippen molar-refractivity contribution in [2.24, 2.45) is 11.1 Å². The molecule has 7 nitrogen and oxygen atoms in total. The van der Waals surface area contributed by atoms with E-state index >= 15 is 0 Å². The van der Waals surface area contributed by atoms with Crippen molar-refractivity contribution in [3.8, 4) is 0 Å². The summed E-state index contributed by atoms with van der Waals surface area (Å²) in [6, 6.07) is 0. The van der Waals surface area contributed by atoms with E-state index in [0.717, 1.165) is 36.9 Å². The van der Waals surface area contributed by atoms with Crippen LogP contribution in [0.3, 0.4) is 0 Å². The van der Waals surface area contributed by atoms with Crippen LogP contribution in [0.4, 0.5) is 0 Å². The molecule has 2 aliphatic rings. The molecule has 1 aromatic heterocycles. The van der Waals surface area contributed by atoms with Gasteiger partial charge in [-0.05, 0) is 38.0 Å². The van der Waals surface area contributed by atoms with Crippen molar-refractivity contribution >= 4 is 15.9 Å². The van der Waals surface area contributed by atoms with Gasteiger partial charge in [-0.2, -0.15) is 5.10 Å². The number of sulfonamides is 1. The molecule has 1 aromatic rings. The number of likely N-dealkylation sites (tertiary alicyclic amines) is 1. The average Bonchev–Trinajstić information content (AvgIpc) is 3.02. The Labute approximate surface area is 123 Å². The van der Waals surface area contributed by atoms with Gasteiger partial charge in [0.15, 0.2) is 5.69 Å². The Bertz CT molecular complexity index is 652. The summed E-state index contributed by atoms with van der Waals surface area (Å²) >= 11 is 0. The molecule has 2 heterocycles. The van der Waals surface area contributed by atoms with Crippen LogP contribution in [0.15, 0.2) is 0 Å². The number of aromatic amines is 1. The minimum Gasteiger partial charge on any atom is -0.337 e. The number of aromatic nitrogens is 2. The van der Waals surface area contributed by atoms with Crippen LogP contribution < -0.4 is 5.14 Å². The molecule has 1 unspecified atom stereocenters. The molecular weight excluding hydrogens is 292 g/mol. The number of rotatable bonds is 3. The van der Waals surface area contributed by atoms with Crippen LogP contribution in [0.1, 0.15) is 41.0 Å². The molecule has 1 atom stereocenters. The van der Waals surface area contributed by atoms with Gasteiger partial charge < -0.3 is 4.90 Å². The van der Waals surface area contributed by atoms with Gasteiger partial charge in [0, 0.05) is 24.3 Å². The van der Waals surface area contributed by atoms with Crippen LogP contribution in [-0.2, 0) is 22.9 Å². The zero-order valence-corrected chi connectivity index (χ0v) is 12.7. The van der Waals surface area contributed by atoms with Crippen molar-refractivity contribution in [1.82, 2.24) is 15.1 Å². The smallest absolute Gasteiger partial charge is 0.274 e. The quantitative estimate of drug-likeness (QED) is 0.821. The lowest BCUT2D eigenvalue weighted by Gasteiger charge is -2.17. The molecule has 1 aliphatic carbocycles. The minimum absolute atomic E-state index is 0.0601. The number of nitrogens with two attached hydrogens (primary N) is 1. The number of fused-ring (bicyclic) bond motifs is 1. The molecule has 0 aromatic carbocycles. The van der Waals surface area contributed by atoms with Crippen molar-refractivity contribution in [3.05, 3.63) is 17.0 Å². The van der Waals surface area contributed by atoms with E-state index in [1.807, 2.05) is 0 Å². The number of hydrogen-bond acceptors (Lipinski definition) is 4. The average molecular weight is 312 g/mol. The van der Waals surface area contributed by atoms with Crippen LogP contribution >= 0.6 is 0 Å². The van der Waals surface area contributed by atoms with Crippen molar-refractivity contribution in [2.45, 2.75) is 32.1 Å². The molecule has 1 amide bonds. The maximum Gasteiger partial charge on any atom is 0.274 e. The summed E-state index contributed by atoms with van der Waals surface area (Å²) in [6.07, 6.45) is 4.73. The van der Waals surface area contributed by atoms with Crippen molar-refractivity contribution in [2.75, 3.05) is 18.8 Å². The summed E-state index contributed by atoms with van der Waals surface area (Å²) < 4.78 is 22.3. The van der Waals surface area contributed by atoms with Crippen molar-refractivity contribution in [3.63, 3.8) is 0 Å². The summed E-state index contributed by atoms with van der Waals surface area (Å²) in [4.78, 5) is 14.2. The third-order valence-electron chi connectivity index (χ3n) is 4.30. The van der Waals surface area contributed by atoms with Gasteiger partial charge in [0.1, 0.15) is 0 Å². The molecule has 0 saturated carbocycles. The van der Waals surface area contributed by atoms with Gasteiger partial charge in [0.2, 0.25) is 10.0 Å². The highest BCUT2D eigenvalue weighted by molar-refractivity contribution is 7.89. The van der Waals surface area contributed by atoms with Crippen LogP contribution in [0.5, 0.6) is 0 Å². The number of primary sulfonamides is 1. The van der Waals surface area contributed by atoms with Gasteiger partial charge in [-0.1, -0.05) is 0 Å². The summed E-state index contributed by atoms with van der Waals surface area (Å²) in [7, 11) is -3.48. The highest BCUT2D eigenvalue weighted by atomic mass is 32.2. The number of nitrogens with one attached hydrogen (secondary N) is 1. The molecular formula is C13H20N4O3S. The third kappa shape index (κ3) is 3.11. The summed E-state index contributed by atoms with van der Waals surface area (Å²) in [5.74, 6) is -0.222. The first-order chi connectivity index (χ1) is 9.94. The number of carbonyl (C=O) groups is 1. The highest BCUT2D eigenvalue weighted by Gasteiger charge is 2.32. The predicted molar refractivity (Wildman–Crippen MR) is 77.2 cm³/mol. The lowest BCUT2D eigenvalue weighted by Crippen LogP contribution is -2.31. The molecule has 8 heteroatoms. The Morgan fingerprint density at radius 2 is 2.14 bits per heavy atom. The van der Waals surface area contributed by atoms with Crippen LogP contribution in [0.25, 0.3) is 0 Å². The standard InChI is InChI=1S/C13H20N4O3S/c14-21(19,20)8-9-5-6-17(7-9)13(18)12-10-3-1-2-4-11(10)15-16-12/h9H,1-8H2,(H,15,16)(H2,14,19,20). The maximum absolute atomic E-state index is 12.6. The summed E-state index contributed by atoms with van der Waals surface area (Å²) in [5, 5.41) is 12.2. The van der Waals surface area contributed by atoms with Gasteiger partial charge in [0.25, 0.3) is 5.91 Å². The Kier molecular flexibility index (Phi) is 3.75. The fourth-order valence-electron chi connectivity index (χ4n) is 3.29. The van der Waals surface area contributed by atoms with Gasteiger partial charge >= 0.3 is 0 Å². The van der Waals surface area contributed by atoms with Crippen LogP contribution in [0.2, 0.25) is 0 Å². The zero-order valence-electron chi connectivity index (χ0n) is 11.8. The van der Waals surface area contributed by atoms with E-state index in [1.54, 1.807) is 4.90 Å². The first kappa shape index (κ1) is 14.5. The topological polar surface area (TPSA) is 109 Å². The molecule has 21 heavy (non-hydrogen) atoms. The van der Waals surface area contributed by atoms with E-state index in [2.05, 4.69) is 10.2 Å². The number of H-pyrrole nitrogens is 1. The normalized spacial score (nSPS) is 22.3. The van der Waals surface area contributed by atoms with E-state index in [-0.39, 0.29) is 17.6 Å². The fraction of sp³-hybridized carbons (Fsp3) is 0.692. The van der Waals surface area contributed by atoms with E-state index in [9.17, 15) is 13.2 Å². The molecule has 1 aliphatic heterocycles. The zero-order chi connectivity index (χ0) is 15.0. The molecule has 0 bridgehead atoms. The van der Waals surface area contributed by atoms with E-state index in [1.165, 1.54) is 0 Å². The molecule has 3 N–H and O–H groups in total. The molecule has 1 saturated heterocycles. The second-order valence-corrected chi connectivity index (χ2v) is 7.63. The Morgan fingerprint density at radius 1 is 1.38 bits per heavy atom. The lowest BCUT2D eigenvalue weighted by atomic mass is 9.95. The first-order valence-corrected chi connectivity index (χ1v) is 9.01. The van der Waals surface area contributed by atoms with Gasteiger partial charge in [-0.3, -0.25) is 9.89 Å². The van der Waals surface area contributed by atoms with E-state index in [0.29, 0.717) is 25.2 Å². The first-order valence-electron chi connectivity index (χ1n) is 7.30. The monoisotopic (exact) mass is 312 g/mol. The largest absolute Gasteiger partial charge is 0.337 e. The molecule has 0 spiro atoms. The van der Waals surface area contributed by atoms with Gasteiger partial charge in [-0.15, -0.1) is 0 Å². The second-order valence-electron chi connectivity index (χ2n) is 5.97. The Morgan fingerprint density at radius 3 is 2.90 bits per heavy atom. The minimum atomic E-state index is -3.48. The number of carbonyl (C=O) groups excluding carboxylic acids is 1. The molecule has 3 rings (SSSR count). The molecule has 116 valence electrons. The summed E-state index contributed by atoms with van der Waals surface area (Å²) in [6.45, 7) is 1.01. The summed E-state index contributed by atoms with van der Waals surface area (Å²) in [5.41, 5.74) is 2.63. The number of nitrogens with zero attached hydrogens (tertiary/aromatic N) is 2. The van der Waals surface area contributed by atoms with Crippen LogP contribution in [-0.4, -0.2) is 48.3 Å². The lowest BCUT2D eigenvalue weighted by molar-refractivity contribution is 0.0781. The highest BCUT2D eigenvalue weighted by Crippen LogP contribution is 2.25. The molecule has 1 fully saturated rings. The Hall–Kier alpha value is -1.41. The fourth-order valence-corrected chi connectivity index (χ4v) is 4.22. The molecule has 0 radical (unpaired) electrons. The predicted octanol–water partition coefficient (Wildman–Crippen LogP) is 0.0391. The number of hydrogen-bond donors (Lipinski definition) is 2. The SMILES string of the molecule is NS(=O)(=O)CC1CCN(C(=O)c2n[nH]c3c2CCCC3)C1. The maximum atomic E-state index is 12.6. The van der Waals surface area contributed by atoms with Crippen molar-refractivity contribution < 1.29 is 13.2 Å². The van der Waals surface area contributed by atoms with Gasteiger partial charge in [-0.25, -0.2) is 13.6 Å². The van der Waals surface area contributed by atoms with Crippen LogP contribution in [0, 0.1) is 5.92 Å². The number of amides is 1. The third-order valence-corrected chi connectivity index (χ3v) is 5.24.